The molecule has 0 saturated carbocycles. The molecular weight excluding hydrogens is 396 g/mol. The van der Waals surface area contributed by atoms with Crippen LogP contribution in [-0.2, 0) is 0 Å². The first kappa shape index (κ1) is 18.3. The molecule has 0 bridgehead atoms. The molecule has 0 radical (unpaired) electrons. The predicted octanol–water partition coefficient (Wildman–Crippen LogP) is 4.74. The maximum Gasteiger partial charge on any atom is 0.265 e. The molecule has 0 saturated heterocycles. The van der Waals surface area contributed by atoms with Crippen LogP contribution in [0.4, 0.5) is 5.69 Å². The Morgan fingerprint density at radius 1 is 1.07 bits per heavy atom. The van der Waals surface area contributed by atoms with Gasteiger partial charge in [0.2, 0.25) is 0 Å². The van der Waals surface area contributed by atoms with Crippen molar-refractivity contribution in [2.75, 3.05) is 5.32 Å². The fraction of sp³-hybridized carbons (Fsp3) is 0.0909. The molecule has 2 aromatic carbocycles. The average molecular weight is 414 g/mol. The summed E-state index contributed by atoms with van der Waals surface area (Å²) in [5, 5.41) is 15.6. The van der Waals surface area contributed by atoms with Crippen LogP contribution in [0.2, 0.25) is 0 Å². The Morgan fingerprint density at radius 2 is 1.90 bits per heavy atom. The summed E-state index contributed by atoms with van der Waals surface area (Å²) < 4.78 is 1.89. The summed E-state index contributed by atoms with van der Waals surface area (Å²) in [5.74, 6) is 1.19. The highest BCUT2D eigenvalue weighted by molar-refractivity contribution is 7.20. The van der Waals surface area contributed by atoms with Crippen LogP contribution in [0.5, 0.6) is 0 Å². The molecule has 7 nitrogen and oxygen atoms in total. The first-order valence-corrected chi connectivity index (χ1v) is 10.3. The summed E-state index contributed by atoms with van der Waals surface area (Å²) in [6.45, 7) is 3.81. The monoisotopic (exact) mass is 414 g/mol. The minimum atomic E-state index is -0.154. The van der Waals surface area contributed by atoms with Crippen molar-refractivity contribution in [1.29, 1.82) is 0 Å². The lowest BCUT2D eigenvalue weighted by molar-refractivity contribution is 0.103. The number of anilines is 1. The number of carbonyl (C=O) groups excluding carboxylic acids is 1. The van der Waals surface area contributed by atoms with Gasteiger partial charge in [-0.3, -0.25) is 9.89 Å². The summed E-state index contributed by atoms with van der Waals surface area (Å²) >= 11 is 1.43. The van der Waals surface area contributed by atoms with E-state index in [9.17, 15) is 4.79 Å². The largest absolute Gasteiger partial charge is 0.321 e. The number of nitrogens with one attached hydrogen (secondary N) is 2. The van der Waals surface area contributed by atoms with E-state index in [-0.39, 0.29) is 5.91 Å². The van der Waals surface area contributed by atoms with E-state index in [4.69, 9.17) is 0 Å². The van der Waals surface area contributed by atoms with Crippen LogP contribution in [0.1, 0.15) is 21.2 Å². The van der Waals surface area contributed by atoms with Gasteiger partial charge >= 0.3 is 0 Å². The molecule has 0 aliphatic rings. The molecule has 30 heavy (non-hydrogen) atoms. The molecule has 0 fully saturated rings. The van der Waals surface area contributed by atoms with Gasteiger partial charge in [-0.2, -0.15) is 10.2 Å². The first-order valence-electron chi connectivity index (χ1n) is 9.44. The molecule has 3 aromatic heterocycles. The molecule has 0 aliphatic carbocycles. The van der Waals surface area contributed by atoms with Gasteiger partial charge in [0.25, 0.3) is 5.91 Å². The van der Waals surface area contributed by atoms with Crippen LogP contribution in [0.15, 0.2) is 60.7 Å². The van der Waals surface area contributed by atoms with Crippen LogP contribution >= 0.6 is 11.3 Å². The van der Waals surface area contributed by atoms with E-state index in [1.165, 1.54) is 11.3 Å². The number of H-pyrrole nitrogens is 1. The van der Waals surface area contributed by atoms with Gasteiger partial charge in [-0.15, -0.1) is 11.3 Å². The van der Waals surface area contributed by atoms with Crippen molar-refractivity contribution in [2.24, 2.45) is 0 Å². The number of hydrogen-bond acceptors (Lipinski definition) is 5. The van der Waals surface area contributed by atoms with E-state index in [0.717, 1.165) is 33.0 Å². The van der Waals surface area contributed by atoms with Gasteiger partial charge < -0.3 is 5.32 Å². The van der Waals surface area contributed by atoms with Crippen molar-refractivity contribution in [3.63, 3.8) is 0 Å². The number of benzene rings is 2. The van der Waals surface area contributed by atoms with Gasteiger partial charge in [-0.05, 0) is 44.2 Å². The number of thiophene rings is 1. The number of aromatic nitrogens is 5. The fourth-order valence-corrected chi connectivity index (χ4v) is 4.38. The number of nitrogens with zero attached hydrogens (tertiary/aromatic N) is 4. The molecule has 5 aromatic rings. The van der Waals surface area contributed by atoms with E-state index in [0.29, 0.717) is 16.4 Å². The number of amides is 1. The minimum Gasteiger partial charge on any atom is -0.321 e. The summed E-state index contributed by atoms with van der Waals surface area (Å²) in [7, 11) is 0. The number of hydrogen-bond donors (Lipinski definition) is 2. The van der Waals surface area contributed by atoms with Gasteiger partial charge in [0, 0.05) is 16.6 Å². The van der Waals surface area contributed by atoms with E-state index in [1.807, 2.05) is 79.2 Å². The molecule has 3 heterocycles. The van der Waals surface area contributed by atoms with Gasteiger partial charge in [0.1, 0.15) is 10.7 Å². The highest BCUT2D eigenvalue weighted by atomic mass is 32.1. The lowest BCUT2D eigenvalue weighted by Crippen LogP contribution is -2.10. The smallest absolute Gasteiger partial charge is 0.265 e. The topological polar surface area (TPSA) is 88.5 Å². The Hall–Kier alpha value is -3.78. The molecule has 5 rings (SSSR count). The first-order chi connectivity index (χ1) is 14.6. The molecule has 1 amide bonds. The van der Waals surface area contributed by atoms with E-state index >= 15 is 0 Å². The highest BCUT2D eigenvalue weighted by Crippen LogP contribution is 2.31. The van der Waals surface area contributed by atoms with Crippen molar-refractivity contribution in [3.8, 4) is 17.1 Å². The number of carbonyl (C=O) groups is 1. The zero-order chi connectivity index (χ0) is 20.7. The maximum absolute atomic E-state index is 12.9. The van der Waals surface area contributed by atoms with Crippen LogP contribution in [-0.4, -0.2) is 30.9 Å². The lowest BCUT2D eigenvalue weighted by Gasteiger charge is -2.05. The third-order valence-corrected chi connectivity index (χ3v) is 5.85. The van der Waals surface area contributed by atoms with Crippen molar-refractivity contribution in [3.05, 3.63) is 77.1 Å². The van der Waals surface area contributed by atoms with Crippen LogP contribution < -0.4 is 5.32 Å². The van der Waals surface area contributed by atoms with E-state index in [1.54, 1.807) is 0 Å². The normalized spacial score (nSPS) is 11.1. The maximum atomic E-state index is 12.9. The Balaban J connectivity index is 1.45. The zero-order valence-corrected chi connectivity index (χ0v) is 17.2. The molecule has 2 N–H and O–H groups in total. The third-order valence-electron chi connectivity index (χ3n) is 4.75. The quantitative estimate of drug-likeness (QED) is 0.444. The summed E-state index contributed by atoms with van der Waals surface area (Å²) in [6, 6.07) is 19.3. The Morgan fingerprint density at radius 3 is 2.67 bits per heavy atom. The number of aryl methyl sites for hydroxylation is 2. The standard InChI is InChI=1S/C22H18N6OS/c1-13-18-12-19(30-22(18)28(27-13)17-9-4-3-5-10-17)21(29)24-16-8-6-7-15(11-16)20-23-14(2)25-26-20/h3-12H,1-2H3,(H,24,29)(H,23,25,26). The third kappa shape index (κ3) is 3.27. The molecule has 8 heteroatoms. The molecular formula is C22H18N6OS. The Bertz CT molecular complexity index is 1370. The number of rotatable bonds is 4. The number of para-hydroxylation sites is 1. The van der Waals surface area contributed by atoms with Gasteiger partial charge in [0.05, 0.1) is 16.3 Å². The summed E-state index contributed by atoms with van der Waals surface area (Å²) in [5.41, 5.74) is 3.40. The summed E-state index contributed by atoms with van der Waals surface area (Å²) in [4.78, 5) is 18.9. The van der Waals surface area contributed by atoms with Crippen molar-refractivity contribution < 1.29 is 4.79 Å². The minimum absolute atomic E-state index is 0.154. The van der Waals surface area contributed by atoms with Gasteiger partial charge in [0.15, 0.2) is 5.82 Å². The lowest BCUT2D eigenvalue weighted by atomic mass is 10.2. The van der Waals surface area contributed by atoms with Crippen LogP contribution in [0.3, 0.4) is 0 Å². The second-order valence-corrected chi connectivity index (χ2v) is 7.97. The molecule has 0 atom stereocenters. The van der Waals surface area contributed by atoms with Crippen LogP contribution in [0.25, 0.3) is 27.3 Å². The second-order valence-electron chi connectivity index (χ2n) is 6.94. The van der Waals surface area contributed by atoms with Crippen molar-refractivity contribution >= 4 is 33.1 Å². The molecule has 0 unspecified atom stereocenters. The number of fused-ring (bicyclic) bond motifs is 1. The van der Waals surface area contributed by atoms with E-state index in [2.05, 4.69) is 25.6 Å². The van der Waals surface area contributed by atoms with Gasteiger partial charge in [-0.25, -0.2) is 9.67 Å². The highest BCUT2D eigenvalue weighted by Gasteiger charge is 2.17. The molecule has 0 spiro atoms. The predicted molar refractivity (Wildman–Crippen MR) is 118 cm³/mol. The SMILES string of the molecule is Cc1nc(-c2cccc(NC(=O)c3cc4c(C)nn(-c5ccccc5)c4s3)c2)n[nH]1. The zero-order valence-electron chi connectivity index (χ0n) is 16.4. The molecule has 0 aliphatic heterocycles. The average Bonchev–Trinajstić information content (AvgIpc) is 3.46. The van der Waals surface area contributed by atoms with Crippen LogP contribution in [0, 0.1) is 13.8 Å². The van der Waals surface area contributed by atoms with Gasteiger partial charge in [-0.1, -0.05) is 30.3 Å². The second kappa shape index (κ2) is 7.23. The number of aromatic amines is 1. The summed E-state index contributed by atoms with van der Waals surface area (Å²) in [6.07, 6.45) is 0. The molecule has 148 valence electrons. The Labute approximate surface area is 176 Å². The van der Waals surface area contributed by atoms with E-state index < -0.39 is 0 Å². The Kier molecular flexibility index (Phi) is 4.40. The van der Waals surface area contributed by atoms with Crippen molar-refractivity contribution in [1.82, 2.24) is 25.0 Å². The fourth-order valence-electron chi connectivity index (χ4n) is 3.30. The van der Waals surface area contributed by atoms with Crippen molar-refractivity contribution in [2.45, 2.75) is 13.8 Å².